The van der Waals surface area contributed by atoms with Crippen LogP contribution in [-0.4, -0.2) is 21.0 Å². The monoisotopic (exact) mass is 223 g/mol. The predicted molar refractivity (Wildman–Crippen MR) is 64.3 cm³/mol. The fourth-order valence-electron chi connectivity index (χ4n) is 2.63. The van der Waals surface area contributed by atoms with Gasteiger partial charge in [0.25, 0.3) is 0 Å². The standard InChI is InChI=1S/C12H21N3O/c1-3-8-12(13)9(4-2)15(14-8)10-6-5-7-11(10)16/h10-11,16H,3-7,13H2,1-2H3. The molecule has 2 unspecified atom stereocenters. The van der Waals surface area contributed by atoms with Crippen molar-refractivity contribution in [2.45, 2.75) is 58.1 Å². The molecule has 0 amide bonds. The first-order valence-electron chi connectivity index (χ1n) is 6.22. The Labute approximate surface area is 96.5 Å². The van der Waals surface area contributed by atoms with Crippen LogP contribution in [0.25, 0.3) is 0 Å². The normalized spacial score (nSPS) is 25.2. The van der Waals surface area contributed by atoms with Gasteiger partial charge in [0, 0.05) is 0 Å². The van der Waals surface area contributed by atoms with Crippen LogP contribution in [0, 0.1) is 0 Å². The lowest BCUT2D eigenvalue weighted by Gasteiger charge is -2.17. The SMILES string of the molecule is CCc1nn(C2CCCC2O)c(CC)c1N. The maximum Gasteiger partial charge on any atom is 0.0854 e. The molecule has 3 N–H and O–H groups in total. The number of aromatic nitrogens is 2. The Balaban J connectivity index is 2.39. The lowest BCUT2D eigenvalue weighted by Crippen LogP contribution is -2.21. The third-order valence-electron chi connectivity index (χ3n) is 3.55. The number of aliphatic hydroxyl groups is 1. The summed E-state index contributed by atoms with van der Waals surface area (Å²) in [6.45, 7) is 4.15. The second-order valence-corrected chi connectivity index (χ2v) is 4.52. The van der Waals surface area contributed by atoms with Crippen LogP contribution in [0.1, 0.15) is 50.5 Å². The Kier molecular flexibility index (Phi) is 3.19. The number of rotatable bonds is 3. The summed E-state index contributed by atoms with van der Waals surface area (Å²) in [5, 5.41) is 14.5. The highest BCUT2D eigenvalue weighted by Gasteiger charge is 2.30. The van der Waals surface area contributed by atoms with Crippen LogP contribution in [0.5, 0.6) is 0 Å². The minimum absolute atomic E-state index is 0.137. The van der Waals surface area contributed by atoms with Crippen molar-refractivity contribution < 1.29 is 5.11 Å². The van der Waals surface area contributed by atoms with E-state index < -0.39 is 0 Å². The quantitative estimate of drug-likeness (QED) is 0.819. The molecule has 1 aromatic rings. The van der Waals surface area contributed by atoms with E-state index in [1.807, 2.05) is 4.68 Å². The van der Waals surface area contributed by atoms with E-state index in [0.717, 1.165) is 49.2 Å². The Morgan fingerprint density at radius 3 is 2.62 bits per heavy atom. The molecular formula is C12H21N3O. The zero-order valence-electron chi connectivity index (χ0n) is 10.1. The number of aryl methyl sites for hydroxylation is 1. The van der Waals surface area contributed by atoms with Crippen molar-refractivity contribution in [3.05, 3.63) is 11.4 Å². The molecule has 2 rings (SSSR count). The Bertz CT molecular complexity index is 373. The second-order valence-electron chi connectivity index (χ2n) is 4.52. The number of hydrogen-bond donors (Lipinski definition) is 2. The minimum Gasteiger partial charge on any atom is -0.396 e. The summed E-state index contributed by atoms with van der Waals surface area (Å²) < 4.78 is 1.98. The van der Waals surface area contributed by atoms with Crippen molar-refractivity contribution in [1.29, 1.82) is 0 Å². The molecular weight excluding hydrogens is 202 g/mol. The number of aliphatic hydroxyl groups excluding tert-OH is 1. The molecule has 2 atom stereocenters. The van der Waals surface area contributed by atoms with Gasteiger partial charge in [-0.1, -0.05) is 13.8 Å². The van der Waals surface area contributed by atoms with Crippen LogP contribution in [0.4, 0.5) is 5.69 Å². The lowest BCUT2D eigenvalue weighted by molar-refractivity contribution is 0.128. The summed E-state index contributed by atoms with van der Waals surface area (Å²) in [5.41, 5.74) is 8.95. The van der Waals surface area contributed by atoms with Gasteiger partial charge < -0.3 is 10.8 Å². The third-order valence-corrected chi connectivity index (χ3v) is 3.55. The van der Waals surface area contributed by atoms with Gasteiger partial charge >= 0.3 is 0 Å². The van der Waals surface area contributed by atoms with Gasteiger partial charge in [-0.25, -0.2) is 0 Å². The van der Waals surface area contributed by atoms with Gasteiger partial charge in [0.2, 0.25) is 0 Å². The Morgan fingerprint density at radius 2 is 2.12 bits per heavy atom. The average molecular weight is 223 g/mol. The van der Waals surface area contributed by atoms with Crippen molar-refractivity contribution in [2.75, 3.05) is 5.73 Å². The van der Waals surface area contributed by atoms with E-state index in [4.69, 9.17) is 5.73 Å². The van der Waals surface area contributed by atoms with Crippen LogP contribution in [0.15, 0.2) is 0 Å². The van der Waals surface area contributed by atoms with Crippen molar-refractivity contribution >= 4 is 5.69 Å². The number of nitrogens with two attached hydrogens (primary N) is 1. The molecule has 0 aromatic carbocycles. The molecule has 1 saturated carbocycles. The first-order valence-corrected chi connectivity index (χ1v) is 6.22. The molecule has 1 aliphatic carbocycles. The van der Waals surface area contributed by atoms with E-state index in [2.05, 4.69) is 18.9 Å². The summed E-state index contributed by atoms with van der Waals surface area (Å²) in [5.74, 6) is 0. The van der Waals surface area contributed by atoms with E-state index in [1.165, 1.54) is 0 Å². The van der Waals surface area contributed by atoms with Gasteiger partial charge in [-0.05, 0) is 32.1 Å². The summed E-state index contributed by atoms with van der Waals surface area (Å²) in [7, 11) is 0. The van der Waals surface area contributed by atoms with Crippen molar-refractivity contribution in [3.63, 3.8) is 0 Å². The van der Waals surface area contributed by atoms with E-state index in [0.29, 0.717) is 0 Å². The van der Waals surface area contributed by atoms with Crippen LogP contribution >= 0.6 is 0 Å². The third kappa shape index (κ3) is 1.71. The Hall–Kier alpha value is -1.03. The van der Waals surface area contributed by atoms with Crippen LogP contribution in [-0.2, 0) is 12.8 Å². The van der Waals surface area contributed by atoms with Crippen LogP contribution in [0.2, 0.25) is 0 Å². The van der Waals surface area contributed by atoms with Gasteiger partial charge in [0.05, 0.1) is 29.2 Å². The van der Waals surface area contributed by atoms with Crippen molar-refractivity contribution in [3.8, 4) is 0 Å². The molecule has 4 heteroatoms. The first kappa shape index (κ1) is 11.5. The van der Waals surface area contributed by atoms with Gasteiger partial charge in [-0.3, -0.25) is 4.68 Å². The van der Waals surface area contributed by atoms with Crippen molar-refractivity contribution in [1.82, 2.24) is 9.78 Å². The first-order chi connectivity index (χ1) is 7.69. The number of nitrogen functional groups attached to an aromatic ring is 1. The molecule has 0 bridgehead atoms. The van der Waals surface area contributed by atoms with Gasteiger partial charge in [0.15, 0.2) is 0 Å². The predicted octanol–water partition coefficient (Wildman–Crippen LogP) is 1.68. The molecule has 4 nitrogen and oxygen atoms in total. The van der Waals surface area contributed by atoms with Gasteiger partial charge in [0.1, 0.15) is 0 Å². The number of hydrogen-bond acceptors (Lipinski definition) is 3. The highest BCUT2D eigenvalue weighted by atomic mass is 16.3. The highest BCUT2D eigenvalue weighted by Crippen LogP contribution is 2.33. The average Bonchev–Trinajstić information content (AvgIpc) is 2.82. The molecule has 1 aromatic heterocycles. The maximum atomic E-state index is 9.93. The molecule has 0 spiro atoms. The minimum atomic E-state index is -0.255. The molecule has 1 aliphatic rings. The molecule has 90 valence electrons. The molecule has 16 heavy (non-hydrogen) atoms. The summed E-state index contributed by atoms with van der Waals surface area (Å²) in [6, 6.07) is 0.137. The Morgan fingerprint density at radius 1 is 1.38 bits per heavy atom. The molecule has 0 aliphatic heterocycles. The van der Waals surface area contributed by atoms with E-state index in [-0.39, 0.29) is 12.1 Å². The van der Waals surface area contributed by atoms with Crippen LogP contribution in [0.3, 0.4) is 0 Å². The topological polar surface area (TPSA) is 64.1 Å². The number of anilines is 1. The zero-order valence-corrected chi connectivity index (χ0v) is 10.1. The molecule has 0 radical (unpaired) electrons. The van der Waals surface area contributed by atoms with Crippen molar-refractivity contribution in [2.24, 2.45) is 0 Å². The fraction of sp³-hybridized carbons (Fsp3) is 0.750. The van der Waals surface area contributed by atoms with E-state index in [1.54, 1.807) is 0 Å². The highest BCUT2D eigenvalue weighted by molar-refractivity contribution is 5.48. The molecule has 1 fully saturated rings. The summed E-state index contributed by atoms with van der Waals surface area (Å²) in [4.78, 5) is 0. The van der Waals surface area contributed by atoms with Gasteiger partial charge in [-0.2, -0.15) is 5.10 Å². The molecule has 1 heterocycles. The van der Waals surface area contributed by atoms with Gasteiger partial charge in [-0.15, -0.1) is 0 Å². The maximum absolute atomic E-state index is 9.93. The largest absolute Gasteiger partial charge is 0.396 e. The molecule has 0 saturated heterocycles. The zero-order chi connectivity index (χ0) is 11.7. The smallest absolute Gasteiger partial charge is 0.0854 e. The second kappa shape index (κ2) is 4.45. The van der Waals surface area contributed by atoms with E-state index in [9.17, 15) is 5.11 Å². The van der Waals surface area contributed by atoms with E-state index >= 15 is 0 Å². The lowest BCUT2D eigenvalue weighted by atomic mass is 10.2. The number of nitrogens with zero attached hydrogens (tertiary/aromatic N) is 2. The summed E-state index contributed by atoms with van der Waals surface area (Å²) in [6.07, 6.45) is 4.45. The fourth-order valence-corrected chi connectivity index (χ4v) is 2.63. The van der Waals surface area contributed by atoms with Crippen LogP contribution < -0.4 is 5.73 Å². The summed E-state index contributed by atoms with van der Waals surface area (Å²) >= 11 is 0.